The summed E-state index contributed by atoms with van der Waals surface area (Å²) in [5.41, 5.74) is 0.201. The van der Waals surface area contributed by atoms with Gasteiger partial charge in [0.05, 0.1) is 6.42 Å². The van der Waals surface area contributed by atoms with Crippen LogP contribution in [0.2, 0.25) is 0 Å². The lowest BCUT2D eigenvalue weighted by molar-refractivity contribution is -0.151. The zero-order valence-corrected chi connectivity index (χ0v) is 13.8. The fourth-order valence-electron chi connectivity index (χ4n) is 2.95. The molecule has 1 unspecified atom stereocenters. The molecule has 0 bridgehead atoms. The quantitative estimate of drug-likeness (QED) is 0.774. The molecule has 0 saturated heterocycles. The first-order chi connectivity index (χ1) is 9.83. The Morgan fingerprint density at radius 3 is 2.09 bits per heavy atom. The number of halogens is 3. The standard InChI is InChI=1S/C14H18F3N.H3NO2S/c1-12(2)13(3,9-14(15,16)17)10-7-5-6-8-11(10)18(12)4;1-4(2)3/h5-8H,9H2,1-4H3;4H,(H2,1,2,3). The summed E-state index contributed by atoms with van der Waals surface area (Å²) in [6.07, 6.45) is -4.96. The van der Waals surface area contributed by atoms with Crippen LogP contribution in [-0.2, 0) is 16.3 Å². The SMILES string of the molecule is CN1c2ccccc2C(C)(CC(F)(F)F)C1(C)C.N[SH](=O)=O. The maximum atomic E-state index is 12.9. The van der Waals surface area contributed by atoms with E-state index in [0.29, 0.717) is 0 Å². The van der Waals surface area contributed by atoms with E-state index >= 15 is 0 Å². The zero-order chi connectivity index (χ0) is 17.3. The van der Waals surface area contributed by atoms with E-state index in [1.54, 1.807) is 6.92 Å². The number of rotatable bonds is 1. The van der Waals surface area contributed by atoms with Crippen molar-refractivity contribution in [2.45, 2.75) is 44.3 Å². The summed E-state index contributed by atoms with van der Waals surface area (Å²) in [7, 11) is -0.759. The van der Waals surface area contributed by atoms with E-state index in [4.69, 9.17) is 8.42 Å². The molecule has 2 N–H and O–H groups in total. The number of anilines is 1. The van der Waals surface area contributed by atoms with Crippen molar-refractivity contribution in [2.75, 3.05) is 11.9 Å². The Morgan fingerprint density at radius 1 is 1.18 bits per heavy atom. The van der Waals surface area contributed by atoms with Gasteiger partial charge in [0.15, 0.2) is 10.9 Å². The van der Waals surface area contributed by atoms with Crippen molar-refractivity contribution in [2.24, 2.45) is 5.14 Å². The van der Waals surface area contributed by atoms with Gasteiger partial charge in [-0.2, -0.15) is 13.2 Å². The number of hydrogen-bond donors (Lipinski definition) is 2. The van der Waals surface area contributed by atoms with Gasteiger partial charge in [-0.15, -0.1) is 0 Å². The molecule has 1 aromatic carbocycles. The average molecular weight is 338 g/mol. The fraction of sp³-hybridized carbons (Fsp3) is 0.571. The van der Waals surface area contributed by atoms with Crippen molar-refractivity contribution in [3.8, 4) is 0 Å². The molecule has 1 aliphatic rings. The Balaban J connectivity index is 0.000000541. The predicted molar refractivity (Wildman–Crippen MR) is 81.5 cm³/mol. The molecule has 0 aromatic heterocycles. The van der Waals surface area contributed by atoms with Crippen molar-refractivity contribution in [3.05, 3.63) is 29.8 Å². The largest absolute Gasteiger partial charge is 0.390 e. The normalized spacial score (nSPS) is 23.0. The van der Waals surface area contributed by atoms with Crippen molar-refractivity contribution in [3.63, 3.8) is 0 Å². The van der Waals surface area contributed by atoms with Gasteiger partial charge in [-0.3, -0.25) is 0 Å². The van der Waals surface area contributed by atoms with Gasteiger partial charge in [-0.1, -0.05) is 25.1 Å². The van der Waals surface area contributed by atoms with Crippen LogP contribution < -0.4 is 10.0 Å². The third kappa shape index (κ3) is 3.55. The van der Waals surface area contributed by atoms with E-state index in [1.165, 1.54) is 0 Å². The molecule has 22 heavy (non-hydrogen) atoms. The molecule has 126 valence electrons. The molecular formula is C14H21F3N2O2S. The van der Waals surface area contributed by atoms with Crippen molar-refractivity contribution < 1.29 is 21.6 Å². The minimum Gasteiger partial charge on any atom is -0.368 e. The van der Waals surface area contributed by atoms with Crippen LogP contribution in [0, 0.1) is 0 Å². The van der Waals surface area contributed by atoms with Crippen LogP contribution in [-0.4, -0.2) is 27.2 Å². The van der Waals surface area contributed by atoms with E-state index in [-0.39, 0.29) is 0 Å². The lowest BCUT2D eigenvalue weighted by atomic mass is 9.68. The summed E-state index contributed by atoms with van der Waals surface area (Å²) < 4.78 is 56.3. The first-order valence-electron chi connectivity index (χ1n) is 6.62. The third-order valence-electron chi connectivity index (χ3n) is 4.60. The van der Waals surface area contributed by atoms with E-state index in [9.17, 15) is 13.2 Å². The summed E-state index contributed by atoms with van der Waals surface area (Å²) in [5, 5.41) is 4.06. The molecular weight excluding hydrogens is 317 g/mol. The highest BCUT2D eigenvalue weighted by Crippen LogP contribution is 2.54. The Bertz CT molecular complexity index is 606. The van der Waals surface area contributed by atoms with E-state index < -0.39 is 34.4 Å². The van der Waals surface area contributed by atoms with Gasteiger partial charge in [0, 0.05) is 23.7 Å². The molecule has 0 amide bonds. The molecule has 1 atom stereocenters. The minimum atomic E-state index is -4.16. The zero-order valence-electron chi connectivity index (χ0n) is 12.9. The number of thiol groups is 1. The summed E-state index contributed by atoms with van der Waals surface area (Å²) in [6.45, 7) is 5.46. The number of likely N-dealkylation sites (N-methyl/N-ethyl adjacent to an activating group) is 1. The monoisotopic (exact) mass is 338 g/mol. The molecule has 1 heterocycles. The Hall–Kier alpha value is -1.28. The summed E-state index contributed by atoms with van der Waals surface area (Å²) in [6, 6.07) is 7.37. The molecule has 8 heteroatoms. The number of alkyl halides is 3. The van der Waals surface area contributed by atoms with Crippen molar-refractivity contribution in [1.82, 2.24) is 0 Å². The average Bonchev–Trinajstić information content (AvgIpc) is 2.47. The molecule has 0 spiro atoms. The number of para-hydroxylation sites is 1. The lowest BCUT2D eigenvalue weighted by Gasteiger charge is -2.43. The van der Waals surface area contributed by atoms with Crippen molar-refractivity contribution in [1.29, 1.82) is 0 Å². The number of fused-ring (bicyclic) bond motifs is 1. The molecule has 0 aliphatic carbocycles. The second-order valence-electron chi connectivity index (χ2n) is 6.04. The predicted octanol–water partition coefficient (Wildman–Crippen LogP) is 2.60. The maximum Gasteiger partial charge on any atom is 0.390 e. The van der Waals surface area contributed by atoms with Crippen LogP contribution in [0.4, 0.5) is 18.9 Å². The number of hydrogen-bond acceptors (Lipinski definition) is 3. The third-order valence-corrected chi connectivity index (χ3v) is 4.60. The van der Waals surface area contributed by atoms with Crippen LogP contribution in [0.5, 0.6) is 0 Å². The molecule has 2 rings (SSSR count). The van der Waals surface area contributed by atoms with Gasteiger partial charge >= 0.3 is 6.18 Å². The topological polar surface area (TPSA) is 63.4 Å². The van der Waals surface area contributed by atoms with Crippen LogP contribution in [0.25, 0.3) is 0 Å². The van der Waals surface area contributed by atoms with Gasteiger partial charge in [0.25, 0.3) is 0 Å². The smallest absolute Gasteiger partial charge is 0.368 e. The first-order valence-corrected chi connectivity index (χ1v) is 7.87. The minimum absolute atomic E-state index is 0.563. The fourth-order valence-corrected chi connectivity index (χ4v) is 2.95. The Kier molecular flexibility index (Phi) is 5.18. The second kappa shape index (κ2) is 6.08. The van der Waals surface area contributed by atoms with Gasteiger partial charge < -0.3 is 4.90 Å². The van der Waals surface area contributed by atoms with Gasteiger partial charge in [0.1, 0.15) is 0 Å². The molecule has 4 nitrogen and oxygen atoms in total. The molecule has 1 aromatic rings. The summed E-state index contributed by atoms with van der Waals surface area (Å²) in [4.78, 5) is 1.95. The van der Waals surface area contributed by atoms with E-state index in [1.807, 2.05) is 50.1 Å². The summed E-state index contributed by atoms with van der Waals surface area (Å²) >= 11 is 0. The Morgan fingerprint density at radius 2 is 1.64 bits per heavy atom. The van der Waals surface area contributed by atoms with E-state index in [2.05, 4.69) is 5.14 Å². The maximum absolute atomic E-state index is 12.9. The molecule has 0 saturated carbocycles. The number of benzene rings is 1. The highest BCUT2D eigenvalue weighted by molar-refractivity contribution is 7.69. The van der Waals surface area contributed by atoms with Crippen LogP contribution in [0.1, 0.15) is 32.8 Å². The number of nitrogens with zero attached hydrogens (tertiary/aromatic N) is 1. The van der Waals surface area contributed by atoms with Gasteiger partial charge in [-0.05, 0) is 25.5 Å². The number of nitrogens with two attached hydrogens (primary N) is 1. The first kappa shape index (κ1) is 18.8. The lowest BCUT2D eigenvalue weighted by Crippen LogP contribution is -2.52. The summed E-state index contributed by atoms with van der Waals surface area (Å²) in [5.74, 6) is 0. The molecule has 0 fully saturated rings. The van der Waals surface area contributed by atoms with Crippen molar-refractivity contribution >= 4 is 16.6 Å². The van der Waals surface area contributed by atoms with E-state index in [0.717, 1.165) is 11.3 Å². The molecule has 0 radical (unpaired) electrons. The highest BCUT2D eigenvalue weighted by atomic mass is 32.2. The second-order valence-corrected chi connectivity index (χ2v) is 6.62. The van der Waals surface area contributed by atoms with Gasteiger partial charge in [-0.25, -0.2) is 13.6 Å². The molecule has 1 aliphatic heterocycles. The highest BCUT2D eigenvalue weighted by Gasteiger charge is 2.56. The van der Waals surface area contributed by atoms with Crippen LogP contribution in [0.15, 0.2) is 24.3 Å². The van der Waals surface area contributed by atoms with Crippen LogP contribution in [0.3, 0.4) is 0 Å². The van der Waals surface area contributed by atoms with Crippen LogP contribution >= 0.6 is 0 Å². The van der Waals surface area contributed by atoms with Gasteiger partial charge in [0.2, 0.25) is 0 Å². The Labute approximate surface area is 130 Å².